The minimum Gasteiger partial charge on any atom is -0.484 e. The molecule has 0 unspecified atom stereocenters. The summed E-state index contributed by atoms with van der Waals surface area (Å²) in [6.07, 6.45) is 0. The summed E-state index contributed by atoms with van der Waals surface area (Å²) in [4.78, 5) is 37.7. The molecule has 0 spiro atoms. The van der Waals surface area contributed by atoms with Crippen molar-refractivity contribution in [3.05, 3.63) is 62.6 Å². The Labute approximate surface area is 199 Å². The minimum atomic E-state index is -1.29. The molecule has 2 aliphatic rings. The lowest BCUT2D eigenvalue weighted by atomic mass is 10.0. The van der Waals surface area contributed by atoms with Gasteiger partial charge in [-0.1, -0.05) is 27.5 Å². The van der Waals surface area contributed by atoms with Crippen molar-refractivity contribution in [2.75, 3.05) is 12.4 Å². The zero-order valence-corrected chi connectivity index (χ0v) is 19.4. The fraction of sp³-hybridized carbons (Fsp3) is 0.250. The quantitative estimate of drug-likeness (QED) is 0.455. The number of carboxylic acids is 1. The van der Waals surface area contributed by atoms with Gasteiger partial charge in [-0.3, -0.25) is 14.5 Å². The Morgan fingerprint density at radius 3 is 2.81 bits per heavy atom. The first kappa shape index (κ1) is 22.7. The van der Waals surface area contributed by atoms with E-state index in [0.717, 1.165) is 9.37 Å². The van der Waals surface area contributed by atoms with Crippen LogP contribution in [-0.4, -0.2) is 56.7 Å². The van der Waals surface area contributed by atoms with Crippen LogP contribution in [0.15, 0.2) is 50.5 Å². The third-order valence-electron chi connectivity index (χ3n) is 4.88. The van der Waals surface area contributed by atoms with Gasteiger partial charge in [0, 0.05) is 10.2 Å². The number of nitrogens with zero attached hydrogens (tertiary/aromatic N) is 1. The number of halogens is 2. The van der Waals surface area contributed by atoms with E-state index in [-0.39, 0.29) is 29.4 Å². The number of aliphatic hydroxyl groups is 1. The average molecular weight is 544 g/mol. The van der Waals surface area contributed by atoms with Crippen LogP contribution in [0.3, 0.4) is 0 Å². The van der Waals surface area contributed by atoms with E-state index in [1.54, 1.807) is 24.3 Å². The molecule has 1 aromatic heterocycles. The summed E-state index contributed by atoms with van der Waals surface area (Å²) in [5, 5.41) is 21.2. The van der Waals surface area contributed by atoms with Crippen molar-refractivity contribution in [3.8, 4) is 5.75 Å². The second-order valence-corrected chi connectivity index (χ2v) is 9.33. The van der Waals surface area contributed by atoms with Gasteiger partial charge in [0.15, 0.2) is 5.76 Å². The number of amides is 2. The summed E-state index contributed by atoms with van der Waals surface area (Å²) >= 11 is 10.7. The second kappa shape index (κ2) is 9.18. The molecule has 168 valence electrons. The number of carboxylic acid groups (broad SMARTS) is 1. The molecular formula is C20H16BrClN2O7S. The number of thioether (sulfide) groups is 1. The summed E-state index contributed by atoms with van der Waals surface area (Å²) in [6, 6.07) is 7.30. The number of aliphatic carboxylic acids is 1. The molecule has 3 heterocycles. The Hall–Kier alpha value is -2.47. The van der Waals surface area contributed by atoms with Crippen LogP contribution < -0.4 is 10.1 Å². The van der Waals surface area contributed by atoms with Crippen molar-refractivity contribution in [2.45, 2.75) is 18.0 Å². The molecule has 0 aliphatic carbocycles. The lowest BCUT2D eigenvalue weighted by Crippen LogP contribution is -2.70. The number of hydrogen-bond donors (Lipinski definition) is 3. The molecule has 0 bridgehead atoms. The molecule has 2 amide bonds. The largest absolute Gasteiger partial charge is 0.484 e. The van der Waals surface area contributed by atoms with E-state index in [4.69, 9.17) is 20.8 Å². The molecule has 9 nitrogen and oxygen atoms in total. The number of fused-ring (bicyclic) bond motifs is 1. The Balaban J connectivity index is 1.38. The van der Waals surface area contributed by atoms with Crippen LogP contribution in [0.25, 0.3) is 0 Å². The Morgan fingerprint density at radius 2 is 2.12 bits per heavy atom. The maximum atomic E-state index is 12.6. The second-order valence-electron chi connectivity index (χ2n) is 6.91. The number of carbonyl (C=O) groups is 3. The van der Waals surface area contributed by atoms with Crippen molar-refractivity contribution in [1.29, 1.82) is 0 Å². The van der Waals surface area contributed by atoms with Crippen LogP contribution >= 0.6 is 39.3 Å². The van der Waals surface area contributed by atoms with Gasteiger partial charge in [-0.15, -0.1) is 11.8 Å². The van der Waals surface area contributed by atoms with E-state index in [0.29, 0.717) is 16.5 Å². The van der Waals surface area contributed by atoms with Gasteiger partial charge in [0.2, 0.25) is 0 Å². The smallest absolute Gasteiger partial charge is 0.352 e. The molecule has 0 radical (unpaired) electrons. The third kappa shape index (κ3) is 4.25. The van der Waals surface area contributed by atoms with Gasteiger partial charge >= 0.3 is 5.97 Å². The molecule has 2 aromatic rings. The first-order chi connectivity index (χ1) is 15.3. The molecule has 32 heavy (non-hydrogen) atoms. The Kier molecular flexibility index (Phi) is 6.52. The van der Waals surface area contributed by atoms with Gasteiger partial charge in [0.05, 0.1) is 11.6 Å². The predicted molar refractivity (Wildman–Crippen MR) is 118 cm³/mol. The molecule has 4 rings (SSSR count). The maximum Gasteiger partial charge on any atom is 0.352 e. The summed E-state index contributed by atoms with van der Waals surface area (Å²) < 4.78 is 11.9. The van der Waals surface area contributed by atoms with Gasteiger partial charge in [-0.05, 0) is 35.9 Å². The summed E-state index contributed by atoms with van der Waals surface area (Å²) in [5.74, 6) is -1.38. The highest BCUT2D eigenvalue weighted by Crippen LogP contribution is 2.40. The molecule has 2 atom stereocenters. The normalized spacial score (nSPS) is 20.0. The molecule has 1 saturated heterocycles. The van der Waals surface area contributed by atoms with E-state index >= 15 is 0 Å². The number of furan rings is 1. The van der Waals surface area contributed by atoms with Gasteiger partial charge in [0.25, 0.3) is 11.8 Å². The lowest BCUT2D eigenvalue weighted by Gasteiger charge is -2.49. The first-order valence-electron chi connectivity index (χ1n) is 9.28. The maximum absolute atomic E-state index is 12.6. The van der Waals surface area contributed by atoms with E-state index in [9.17, 15) is 24.6 Å². The van der Waals surface area contributed by atoms with Crippen LogP contribution in [0.2, 0.25) is 5.02 Å². The highest BCUT2D eigenvalue weighted by Gasteiger charge is 2.54. The molecule has 0 saturated carbocycles. The van der Waals surface area contributed by atoms with Crippen molar-refractivity contribution in [2.24, 2.45) is 0 Å². The van der Waals surface area contributed by atoms with E-state index in [2.05, 4.69) is 21.2 Å². The number of hydrogen-bond acceptors (Lipinski definition) is 7. The number of aliphatic hydroxyl groups excluding tert-OH is 1. The molecule has 3 N–H and O–H groups in total. The SMILES string of the molecule is O=C(O)C1=C(CO)CS[C@@H]2[C@H](NC(=O)c3ccc(COc4ccc(Br)cc4Cl)o3)C(=O)N12. The van der Waals surface area contributed by atoms with Crippen molar-refractivity contribution in [3.63, 3.8) is 0 Å². The third-order valence-corrected chi connectivity index (χ3v) is 7.00. The fourth-order valence-corrected chi connectivity index (χ4v) is 5.40. The molecule has 2 aliphatic heterocycles. The summed E-state index contributed by atoms with van der Waals surface area (Å²) in [5.41, 5.74) is 0.0363. The van der Waals surface area contributed by atoms with E-state index < -0.39 is 35.8 Å². The highest BCUT2D eigenvalue weighted by molar-refractivity contribution is 9.10. The number of ether oxygens (including phenoxy) is 1. The predicted octanol–water partition coefficient (Wildman–Crippen LogP) is 2.62. The summed E-state index contributed by atoms with van der Waals surface area (Å²) in [6.45, 7) is -0.412. The lowest BCUT2D eigenvalue weighted by molar-refractivity contribution is -0.148. The zero-order chi connectivity index (χ0) is 23.0. The van der Waals surface area contributed by atoms with E-state index in [1.165, 1.54) is 17.8 Å². The van der Waals surface area contributed by atoms with Crippen LogP contribution in [0.1, 0.15) is 16.3 Å². The zero-order valence-electron chi connectivity index (χ0n) is 16.2. The number of β-lactam (4-membered cyclic amide) rings is 1. The van der Waals surface area contributed by atoms with Crippen molar-refractivity contribution < 1.29 is 33.8 Å². The Morgan fingerprint density at radius 1 is 1.34 bits per heavy atom. The number of nitrogens with one attached hydrogen (secondary N) is 1. The molecule has 12 heteroatoms. The van der Waals surface area contributed by atoms with Gasteiger partial charge in [-0.25, -0.2) is 4.79 Å². The number of rotatable bonds is 7. The van der Waals surface area contributed by atoms with Crippen LogP contribution in [0.5, 0.6) is 5.75 Å². The van der Waals surface area contributed by atoms with Crippen molar-refractivity contribution in [1.82, 2.24) is 10.2 Å². The highest BCUT2D eigenvalue weighted by atomic mass is 79.9. The van der Waals surface area contributed by atoms with E-state index in [1.807, 2.05) is 0 Å². The minimum absolute atomic E-state index is 0.0115. The number of benzene rings is 1. The number of carbonyl (C=O) groups excluding carboxylic acids is 2. The fourth-order valence-electron chi connectivity index (χ4n) is 3.34. The summed E-state index contributed by atoms with van der Waals surface area (Å²) in [7, 11) is 0. The van der Waals surface area contributed by atoms with Crippen molar-refractivity contribution >= 4 is 57.1 Å². The van der Waals surface area contributed by atoms with Gasteiger partial charge in [0.1, 0.15) is 35.2 Å². The molecular weight excluding hydrogens is 528 g/mol. The van der Waals surface area contributed by atoms with Crippen LogP contribution in [-0.2, 0) is 16.2 Å². The first-order valence-corrected chi connectivity index (χ1v) is 11.5. The van der Waals surface area contributed by atoms with Crippen LogP contribution in [0, 0.1) is 0 Å². The monoisotopic (exact) mass is 542 g/mol. The molecule has 1 aromatic carbocycles. The average Bonchev–Trinajstić information content (AvgIpc) is 3.24. The topological polar surface area (TPSA) is 129 Å². The van der Waals surface area contributed by atoms with Gasteiger partial charge in [-0.2, -0.15) is 0 Å². The standard InChI is InChI=1S/C20H16BrClN2O7S/c21-10-1-3-13(12(22)5-10)30-7-11-2-4-14(31-11)17(26)23-15-18(27)24-16(20(28)29)9(6-25)8-32-19(15)24/h1-5,15,19,25H,6-8H2,(H,23,26)(H,28,29)/t15-,19-/m1/s1. The Bertz CT molecular complexity index is 1130. The molecule has 1 fully saturated rings. The van der Waals surface area contributed by atoms with Crippen LogP contribution in [0.4, 0.5) is 0 Å². The van der Waals surface area contributed by atoms with Gasteiger partial charge < -0.3 is 24.7 Å².